The number of unbranched alkanes of at least 4 members (excludes halogenated alkanes) is 1. The molecular formula is C15H30N2O2. The smallest absolute Gasteiger partial charge is 0.323 e. The first-order valence-electron chi connectivity index (χ1n) is 7.76. The fourth-order valence-corrected chi connectivity index (χ4v) is 2.57. The third kappa shape index (κ3) is 5.49. The molecule has 2 N–H and O–H groups in total. The van der Waals surface area contributed by atoms with Crippen LogP contribution in [0.15, 0.2) is 0 Å². The van der Waals surface area contributed by atoms with Crippen molar-refractivity contribution in [2.45, 2.75) is 70.9 Å². The zero-order valence-corrected chi connectivity index (χ0v) is 12.7. The number of carbonyl (C=O) groups is 1. The Balaban J connectivity index is 2.34. The summed E-state index contributed by atoms with van der Waals surface area (Å²) >= 11 is 0. The topological polar surface area (TPSA) is 52.6 Å². The van der Waals surface area contributed by atoms with Crippen LogP contribution in [0.3, 0.4) is 0 Å². The van der Waals surface area contributed by atoms with Gasteiger partial charge in [-0.25, -0.2) is 0 Å². The Kier molecular flexibility index (Phi) is 6.80. The lowest BCUT2D eigenvalue weighted by Crippen LogP contribution is -2.49. The van der Waals surface area contributed by atoms with Gasteiger partial charge in [0.25, 0.3) is 0 Å². The van der Waals surface area contributed by atoms with E-state index in [1.165, 1.54) is 32.2 Å². The molecule has 0 spiro atoms. The molecule has 0 aromatic rings. The summed E-state index contributed by atoms with van der Waals surface area (Å²) in [6.45, 7) is 8.89. The number of nitrogens with one attached hydrogen (secondary N) is 1. The van der Waals surface area contributed by atoms with Crippen LogP contribution in [0.2, 0.25) is 0 Å². The fourth-order valence-electron chi connectivity index (χ4n) is 2.57. The van der Waals surface area contributed by atoms with Crippen molar-refractivity contribution in [2.75, 3.05) is 19.6 Å². The molecule has 0 amide bonds. The molecule has 0 radical (unpaired) electrons. The van der Waals surface area contributed by atoms with Crippen LogP contribution in [-0.4, -0.2) is 47.2 Å². The SMILES string of the molecule is CCCCN(CCCC(C)(NCC)C(=O)O)C1CC1. The Morgan fingerprint density at radius 2 is 1.95 bits per heavy atom. The van der Waals surface area contributed by atoms with Crippen LogP contribution < -0.4 is 5.32 Å². The molecule has 1 atom stereocenters. The molecule has 0 heterocycles. The average molecular weight is 270 g/mol. The van der Waals surface area contributed by atoms with Gasteiger partial charge in [0.05, 0.1) is 0 Å². The van der Waals surface area contributed by atoms with Gasteiger partial charge in [-0.05, 0) is 58.7 Å². The van der Waals surface area contributed by atoms with Gasteiger partial charge in [-0.3, -0.25) is 4.79 Å². The van der Waals surface area contributed by atoms with E-state index in [-0.39, 0.29) is 0 Å². The number of hydrogen-bond donors (Lipinski definition) is 2. The van der Waals surface area contributed by atoms with Gasteiger partial charge in [0, 0.05) is 6.04 Å². The molecule has 4 nitrogen and oxygen atoms in total. The van der Waals surface area contributed by atoms with E-state index in [2.05, 4.69) is 17.1 Å². The van der Waals surface area contributed by atoms with Crippen molar-refractivity contribution in [1.82, 2.24) is 10.2 Å². The number of carboxylic acids is 1. The molecule has 0 aliphatic heterocycles. The maximum Gasteiger partial charge on any atom is 0.323 e. The maximum atomic E-state index is 11.3. The lowest BCUT2D eigenvalue weighted by molar-refractivity contribution is -0.144. The molecule has 4 heteroatoms. The zero-order valence-electron chi connectivity index (χ0n) is 12.7. The van der Waals surface area contributed by atoms with Crippen LogP contribution in [0.1, 0.15) is 59.3 Å². The molecule has 1 fully saturated rings. The van der Waals surface area contributed by atoms with Crippen LogP contribution in [0.4, 0.5) is 0 Å². The maximum absolute atomic E-state index is 11.3. The Hall–Kier alpha value is -0.610. The van der Waals surface area contributed by atoms with Gasteiger partial charge in [-0.2, -0.15) is 0 Å². The van der Waals surface area contributed by atoms with Gasteiger partial charge >= 0.3 is 5.97 Å². The van der Waals surface area contributed by atoms with Gasteiger partial charge in [-0.15, -0.1) is 0 Å². The van der Waals surface area contributed by atoms with E-state index >= 15 is 0 Å². The summed E-state index contributed by atoms with van der Waals surface area (Å²) in [7, 11) is 0. The first kappa shape index (κ1) is 16.4. The molecular weight excluding hydrogens is 240 g/mol. The normalized spacial score (nSPS) is 18.5. The van der Waals surface area contributed by atoms with E-state index < -0.39 is 11.5 Å². The largest absolute Gasteiger partial charge is 0.480 e. The second-order valence-corrected chi connectivity index (χ2v) is 5.89. The van der Waals surface area contributed by atoms with Crippen LogP contribution >= 0.6 is 0 Å². The number of hydrogen-bond acceptors (Lipinski definition) is 3. The van der Waals surface area contributed by atoms with Crippen molar-refractivity contribution in [1.29, 1.82) is 0 Å². The first-order valence-corrected chi connectivity index (χ1v) is 7.76. The Bertz CT molecular complexity index is 279. The second kappa shape index (κ2) is 7.85. The molecule has 112 valence electrons. The number of likely N-dealkylation sites (N-methyl/N-ethyl adjacent to an activating group) is 1. The Labute approximate surface area is 117 Å². The van der Waals surface area contributed by atoms with E-state index in [9.17, 15) is 9.90 Å². The van der Waals surface area contributed by atoms with Crippen LogP contribution in [0.5, 0.6) is 0 Å². The van der Waals surface area contributed by atoms with Crippen molar-refractivity contribution in [2.24, 2.45) is 0 Å². The number of carboxylic acid groups (broad SMARTS) is 1. The minimum absolute atomic E-state index is 0.699. The van der Waals surface area contributed by atoms with Crippen LogP contribution in [0.25, 0.3) is 0 Å². The van der Waals surface area contributed by atoms with Crippen molar-refractivity contribution in [3.63, 3.8) is 0 Å². The van der Waals surface area contributed by atoms with E-state index in [0.717, 1.165) is 19.0 Å². The van der Waals surface area contributed by atoms with Crippen molar-refractivity contribution in [3.8, 4) is 0 Å². The van der Waals surface area contributed by atoms with E-state index in [4.69, 9.17) is 0 Å². The van der Waals surface area contributed by atoms with Crippen molar-refractivity contribution >= 4 is 5.97 Å². The lowest BCUT2D eigenvalue weighted by Gasteiger charge is -2.28. The third-order valence-electron chi connectivity index (χ3n) is 4.02. The molecule has 1 rings (SSSR count). The predicted octanol–water partition coefficient (Wildman–Crippen LogP) is 2.48. The summed E-state index contributed by atoms with van der Waals surface area (Å²) in [6.07, 6.45) is 6.79. The summed E-state index contributed by atoms with van der Waals surface area (Å²) in [4.78, 5) is 13.9. The zero-order chi connectivity index (χ0) is 14.3. The first-order chi connectivity index (χ1) is 9.03. The van der Waals surface area contributed by atoms with Crippen molar-refractivity contribution in [3.05, 3.63) is 0 Å². The minimum atomic E-state index is -0.769. The molecule has 1 saturated carbocycles. The van der Waals surface area contributed by atoms with Gasteiger partial charge in [-0.1, -0.05) is 20.3 Å². The summed E-state index contributed by atoms with van der Waals surface area (Å²) in [5, 5.41) is 12.4. The fraction of sp³-hybridized carbons (Fsp3) is 0.933. The Morgan fingerprint density at radius 3 is 2.42 bits per heavy atom. The van der Waals surface area contributed by atoms with Crippen LogP contribution in [0, 0.1) is 0 Å². The summed E-state index contributed by atoms with van der Waals surface area (Å²) < 4.78 is 0. The van der Waals surface area contributed by atoms with Gasteiger partial charge in [0.15, 0.2) is 0 Å². The highest BCUT2D eigenvalue weighted by atomic mass is 16.4. The molecule has 1 aliphatic rings. The number of rotatable bonds is 11. The summed E-state index contributed by atoms with van der Waals surface area (Å²) in [5.74, 6) is -0.735. The molecule has 1 aliphatic carbocycles. The van der Waals surface area contributed by atoms with Crippen LogP contribution in [-0.2, 0) is 4.79 Å². The molecule has 19 heavy (non-hydrogen) atoms. The number of aliphatic carboxylic acids is 1. The van der Waals surface area contributed by atoms with E-state index in [0.29, 0.717) is 13.0 Å². The molecule has 0 aromatic carbocycles. The highest BCUT2D eigenvalue weighted by molar-refractivity contribution is 5.78. The second-order valence-electron chi connectivity index (χ2n) is 5.89. The van der Waals surface area contributed by atoms with E-state index in [1.54, 1.807) is 6.92 Å². The minimum Gasteiger partial charge on any atom is -0.480 e. The molecule has 0 aromatic heterocycles. The highest BCUT2D eigenvalue weighted by Gasteiger charge is 2.33. The standard InChI is InChI=1S/C15H30N2O2/c1-4-6-11-17(13-8-9-13)12-7-10-15(3,14(18)19)16-5-2/h13,16H,4-12H2,1-3H3,(H,18,19). The van der Waals surface area contributed by atoms with Crippen molar-refractivity contribution < 1.29 is 9.90 Å². The molecule has 0 bridgehead atoms. The monoisotopic (exact) mass is 270 g/mol. The highest BCUT2D eigenvalue weighted by Crippen LogP contribution is 2.27. The van der Waals surface area contributed by atoms with E-state index in [1.807, 2.05) is 6.92 Å². The molecule has 1 unspecified atom stereocenters. The average Bonchev–Trinajstić information content (AvgIpc) is 3.18. The van der Waals surface area contributed by atoms with Gasteiger partial charge in [0.2, 0.25) is 0 Å². The summed E-state index contributed by atoms with van der Waals surface area (Å²) in [5.41, 5.74) is -0.769. The predicted molar refractivity (Wildman–Crippen MR) is 78.5 cm³/mol. The van der Waals surface area contributed by atoms with Gasteiger partial charge < -0.3 is 15.3 Å². The lowest BCUT2D eigenvalue weighted by atomic mass is 9.95. The quantitative estimate of drug-likeness (QED) is 0.605. The summed E-state index contributed by atoms with van der Waals surface area (Å²) in [6, 6.07) is 0.779. The Morgan fingerprint density at radius 1 is 1.32 bits per heavy atom. The number of nitrogens with zero attached hydrogens (tertiary/aromatic N) is 1. The third-order valence-corrected chi connectivity index (χ3v) is 4.02. The molecule has 0 saturated heterocycles. The van der Waals surface area contributed by atoms with Gasteiger partial charge in [0.1, 0.15) is 5.54 Å².